The predicted molar refractivity (Wildman–Crippen MR) is 89.1 cm³/mol. The van der Waals surface area contributed by atoms with Gasteiger partial charge in [-0.25, -0.2) is 9.78 Å². The molecule has 0 saturated heterocycles. The van der Waals surface area contributed by atoms with E-state index in [1.54, 1.807) is 6.20 Å². The molecular weight excluding hydrogens is 292 g/mol. The molecular formula is C17H26N4O2. The van der Waals surface area contributed by atoms with Gasteiger partial charge in [-0.3, -0.25) is 0 Å². The van der Waals surface area contributed by atoms with Crippen molar-refractivity contribution in [3.8, 4) is 0 Å². The number of fused-ring (bicyclic) bond motifs is 2. The molecule has 3 N–H and O–H groups in total. The van der Waals surface area contributed by atoms with Crippen molar-refractivity contribution in [2.24, 2.45) is 17.8 Å². The van der Waals surface area contributed by atoms with E-state index in [9.17, 15) is 9.90 Å². The SMILES string of the molecule is CN(C)c1cc(CNC(=O)NC2C3CCC(C3)C2CO)ccn1. The van der Waals surface area contributed by atoms with Crippen LogP contribution in [0.4, 0.5) is 10.6 Å². The predicted octanol–water partition coefficient (Wildman–Crippen LogP) is 1.35. The zero-order chi connectivity index (χ0) is 16.4. The van der Waals surface area contributed by atoms with E-state index in [1.165, 1.54) is 12.8 Å². The van der Waals surface area contributed by atoms with Crippen LogP contribution in [0.5, 0.6) is 0 Å². The maximum atomic E-state index is 12.2. The van der Waals surface area contributed by atoms with Crippen LogP contribution in [0.1, 0.15) is 24.8 Å². The smallest absolute Gasteiger partial charge is 0.315 e. The molecule has 23 heavy (non-hydrogen) atoms. The summed E-state index contributed by atoms with van der Waals surface area (Å²) in [5, 5.41) is 15.6. The highest BCUT2D eigenvalue weighted by molar-refractivity contribution is 5.74. The molecule has 2 fully saturated rings. The number of carbonyl (C=O) groups is 1. The minimum Gasteiger partial charge on any atom is -0.396 e. The zero-order valence-electron chi connectivity index (χ0n) is 13.8. The van der Waals surface area contributed by atoms with Crippen LogP contribution in [0.2, 0.25) is 0 Å². The van der Waals surface area contributed by atoms with Crippen LogP contribution in [-0.4, -0.2) is 42.9 Å². The molecule has 1 aromatic rings. The van der Waals surface area contributed by atoms with Gasteiger partial charge in [0.1, 0.15) is 5.82 Å². The van der Waals surface area contributed by atoms with Crippen molar-refractivity contribution < 1.29 is 9.90 Å². The number of hydrogen-bond acceptors (Lipinski definition) is 4. The number of pyridine rings is 1. The lowest BCUT2D eigenvalue weighted by atomic mass is 9.85. The van der Waals surface area contributed by atoms with Gasteiger partial charge in [-0.2, -0.15) is 0 Å². The molecule has 6 heteroatoms. The Kier molecular flexibility index (Phi) is 4.71. The normalized spacial score (nSPS) is 28.7. The molecule has 0 aliphatic heterocycles. The molecule has 2 amide bonds. The Bertz CT molecular complexity index is 563. The van der Waals surface area contributed by atoms with E-state index in [2.05, 4.69) is 15.6 Å². The fourth-order valence-corrected chi connectivity index (χ4v) is 4.10. The minimum atomic E-state index is -0.149. The molecule has 126 valence electrons. The van der Waals surface area contributed by atoms with Gasteiger partial charge in [0.25, 0.3) is 0 Å². The van der Waals surface area contributed by atoms with Gasteiger partial charge in [0.05, 0.1) is 0 Å². The second kappa shape index (κ2) is 6.74. The lowest BCUT2D eigenvalue weighted by molar-refractivity contribution is 0.144. The van der Waals surface area contributed by atoms with Crippen LogP contribution < -0.4 is 15.5 Å². The van der Waals surface area contributed by atoms with Gasteiger partial charge < -0.3 is 20.6 Å². The molecule has 4 unspecified atom stereocenters. The van der Waals surface area contributed by atoms with Crippen molar-refractivity contribution in [3.05, 3.63) is 23.9 Å². The standard InChI is InChI=1S/C17H26N4O2/c1-21(2)15-7-11(5-6-18-15)9-19-17(23)20-16-13-4-3-12(8-13)14(16)10-22/h5-7,12-14,16,22H,3-4,8-10H2,1-2H3,(H2,19,20,23). The molecule has 4 atom stereocenters. The number of amides is 2. The third kappa shape index (κ3) is 3.42. The summed E-state index contributed by atoms with van der Waals surface area (Å²) in [6, 6.07) is 3.84. The van der Waals surface area contributed by atoms with E-state index < -0.39 is 0 Å². The molecule has 1 aromatic heterocycles. The van der Waals surface area contributed by atoms with Crippen LogP contribution >= 0.6 is 0 Å². The van der Waals surface area contributed by atoms with E-state index in [1.807, 2.05) is 31.1 Å². The first-order valence-corrected chi connectivity index (χ1v) is 8.36. The topological polar surface area (TPSA) is 77.5 Å². The van der Waals surface area contributed by atoms with Crippen molar-refractivity contribution in [3.63, 3.8) is 0 Å². The van der Waals surface area contributed by atoms with Crippen molar-refractivity contribution in [2.45, 2.75) is 31.8 Å². The summed E-state index contributed by atoms with van der Waals surface area (Å²) < 4.78 is 0. The Hall–Kier alpha value is -1.82. The molecule has 2 aliphatic rings. The number of aliphatic hydroxyl groups is 1. The summed E-state index contributed by atoms with van der Waals surface area (Å²) in [4.78, 5) is 18.4. The van der Waals surface area contributed by atoms with Crippen LogP contribution in [-0.2, 0) is 6.54 Å². The largest absolute Gasteiger partial charge is 0.396 e. The number of urea groups is 1. The monoisotopic (exact) mass is 318 g/mol. The second-order valence-corrected chi connectivity index (χ2v) is 6.95. The Labute approximate surface area is 137 Å². The quantitative estimate of drug-likeness (QED) is 0.766. The molecule has 2 bridgehead atoms. The number of aromatic nitrogens is 1. The Morgan fingerprint density at radius 1 is 1.39 bits per heavy atom. The third-order valence-corrected chi connectivity index (χ3v) is 5.32. The summed E-state index contributed by atoms with van der Waals surface area (Å²) in [6.07, 6.45) is 5.26. The number of rotatable bonds is 5. The molecule has 2 saturated carbocycles. The summed E-state index contributed by atoms with van der Waals surface area (Å²) in [7, 11) is 3.88. The van der Waals surface area contributed by atoms with Crippen LogP contribution in [0, 0.1) is 17.8 Å². The maximum Gasteiger partial charge on any atom is 0.315 e. The molecule has 6 nitrogen and oxygen atoms in total. The first kappa shape index (κ1) is 16.1. The number of carbonyl (C=O) groups excluding carboxylic acids is 1. The molecule has 1 heterocycles. The van der Waals surface area contributed by atoms with Gasteiger partial charge >= 0.3 is 6.03 Å². The van der Waals surface area contributed by atoms with Gasteiger partial charge in [0.2, 0.25) is 0 Å². The third-order valence-electron chi connectivity index (χ3n) is 5.32. The van der Waals surface area contributed by atoms with E-state index >= 15 is 0 Å². The molecule has 0 aromatic carbocycles. The van der Waals surface area contributed by atoms with E-state index in [4.69, 9.17) is 0 Å². The van der Waals surface area contributed by atoms with Crippen molar-refractivity contribution in [1.29, 1.82) is 0 Å². The summed E-state index contributed by atoms with van der Waals surface area (Å²) in [6.45, 7) is 0.641. The van der Waals surface area contributed by atoms with Crippen molar-refractivity contribution in [1.82, 2.24) is 15.6 Å². The fraction of sp³-hybridized carbons (Fsp3) is 0.647. The Balaban J connectivity index is 1.53. The number of hydrogen-bond donors (Lipinski definition) is 3. The van der Waals surface area contributed by atoms with Crippen LogP contribution in [0.3, 0.4) is 0 Å². The van der Waals surface area contributed by atoms with Crippen molar-refractivity contribution >= 4 is 11.8 Å². The number of nitrogens with one attached hydrogen (secondary N) is 2. The summed E-state index contributed by atoms with van der Waals surface area (Å²) >= 11 is 0. The van der Waals surface area contributed by atoms with Gasteiger partial charge in [0.15, 0.2) is 0 Å². The lowest BCUT2D eigenvalue weighted by Crippen LogP contribution is -2.48. The Morgan fingerprint density at radius 3 is 2.91 bits per heavy atom. The number of anilines is 1. The van der Waals surface area contributed by atoms with Crippen LogP contribution in [0.25, 0.3) is 0 Å². The molecule has 0 radical (unpaired) electrons. The highest BCUT2D eigenvalue weighted by atomic mass is 16.3. The first-order valence-electron chi connectivity index (χ1n) is 8.36. The van der Waals surface area contributed by atoms with Crippen LogP contribution in [0.15, 0.2) is 18.3 Å². The summed E-state index contributed by atoms with van der Waals surface area (Å²) in [5.41, 5.74) is 1.02. The molecule has 2 aliphatic carbocycles. The molecule has 0 spiro atoms. The Morgan fingerprint density at radius 2 is 2.17 bits per heavy atom. The van der Waals surface area contributed by atoms with Gasteiger partial charge in [-0.05, 0) is 48.8 Å². The number of aliphatic hydroxyl groups excluding tert-OH is 1. The van der Waals surface area contributed by atoms with Crippen molar-refractivity contribution in [2.75, 3.05) is 25.6 Å². The first-order chi connectivity index (χ1) is 11.1. The highest BCUT2D eigenvalue weighted by Gasteiger charge is 2.47. The van der Waals surface area contributed by atoms with Gasteiger partial charge in [-0.15, -0.1) is 0 Å². The minimum absolute atomic E-state index is 0.119. The van der Waals surface area contributed by atoms with Gasteiger partial charge in [-0.1, -0.05) is 0 Å². The number of nitrogens with zero attached hydrogens (tertiary/aromatic N) is 2. The van der Waals surface area contributed by atoms with E-state index in [0.29, 0.717) is 18.4 Å². The lowest BCUT2D eigenvalue weighted by Gasteiger charge is -2.30. The fourth-order valence-electron chi connectivity index (χ4n) is 4.10. The average Bonchev–Trinajstić information content (AvgIpc) is 3.14. The average molecular weight is 318 g/mol. The highest BCUT2D eigenvalue weighted by Crippen LogP contribution is 2.48. The summed E-state index contributed by atoms with van der Waals surface area (Å²) in [5.74, 6) is 2.21. The second-order valence-electron chi connectivity index (χ2n) is 6.95. The van der Waals surface area contributed by atoms with Gasteiger partial charge in [0, 0.05) is 45.4 Å². The maximum absolute atomic E-state index is 12.2. The zero-order valence-corrected chi connectivity index (χ0v) is 13.8. The van der Waals surface area contributed by atoms with E-state index in [-0.39, 0.29) is 24.6 Å². The molecule has 3 rings (SSSR count). The van der Waals surface area contributed by atoms with E-state index in [0.717, 1.165) is 17.8 Å².